The van der Waals surface area contributed by atoms with Gasteiger partial charge in [-0.2, -0.15) is 0 Å². The van der Waals surface area contributed by atoms with Crippen molar-refractivity contribution in [2.75, 3.05) is 0 Å². The number of benzene rings is 2. The molecule has 0 aromatic heterocycles. The van der Waals surface area contributed by atoms with E-state index in [4.69, 9.17) is 4.74 Å². The highest BCUT2D eigenvalue weighted by Crippen LogP contribution is 2.23. The van der Waals surface area contributed by atoms with E-state index in [2.05, 4.69) is 5.32 Å². The fourth-order valence-electron chi connectivity index (χ4n) is 2.37. The predicted molar refractivity (Wildman–Crippen MR) is 88.4 cm³/mol. The Morgan fingerprint density at radius 3 is 2.38 bits per heavy atom. The van der Waals surface area contributed by atoms with Gasteiger partial charge in [0.05, 0.1) is 0 Å². The van der Waals surface area contributed by atoms with Crippen LogP contribution in [-0.2, 0) is 16.0 Å². The third-order valence-corrected chi connectivity index (χ3v) is 3.37. The molecule has 0 aliphatic heterocycles. The van der Waals surface area contributed by atoms with Gasteiger partial charge in [-0.1, -0.05) is 30.3 Å². The smallest absolute Gasteiger partial charge is 0.408 e. The van der Waals surface area contributed by atoms with Gasteiger partial charge in [0, 0.05) is 11.8 Å². The Balaban J connectivity index is 2.24. The lowest BCUT2D eigenvalue weighted by Gasteiger charge is -2.22. The summed E-state index contributed by atoms with van der Waals surface area (Å²) in [7, 11) is 0. The summed E-state index contributed by atoms with van der Waals surface area (Å²) in [5.74, 6) is -1.56. The van der Waals surface area contributed by atoms with E-state index in [0.717, 1.165) is 0 Å². The first-order valence-electron chi connectivity index (χ1n) is 7.56. The summed E-state index contributed by atoms with van der Waals surface area (Å²) in [6.45, 7) is 5.07. The molecule has 2 N–H and O–H groups in total. The number of amides is 1. The molecular weight excluding hydrogens is 313 g/mol. The lowest BCUT2D eigenvalue weighted by atomic mass is 9.98. The maximum absolute atomic E-state index is 13.9. The number of aliphatic carboxylic acids is 1. The second-order valence-corrected chi connectivity index (χ2v) is 6.49. The van der Waals surface area contributed by atoms with Crippen LogP contribution in [0.3, 0.4) is 0 Å². The normalized spacial score (nSPS) is 12.7. The molecule has 2 rings (SSSR count). The topological polar surface area (TPSA) is 75.6 Å². The number of carboxylic acids is 1. The van der Waals surface area contributed by atoms with Gasteiger partial charge in [-0.25, -0.2) is 14.0 Å². The van der Waals surface area contributed by atoms with E-state index >= 15 is 0 Å². The van der Waals surface area contributed by atoms with Crippen LogP contribution >= 0.6 is 0 Å². The Hall–Kier alpha value is -2.63. The molecule has 1 atom stereocenters. The Morgan fingerprint density at radius 2 is 1.79 bits per heavy atom. The minimum Gasteiger partial charge on any atom is -0.480 e. The second-order valence-electron chi connectivity index (χ2n) is 6.49. The van der Waals surface area contributed by atoms with Crippen LogP contribution in [0.15, 0.2) is 36.4 Å². The van der Waals surface area contributed by atoms with Crippen molar-refractivity contribution in [3.8, 4) is 0 Å². The van der Waals surface area contributed by atoms with Gasteiger partial charge in [0.2, 0.25) is 0 Å². The van der Waals surface area contributed by atoms with Crippen molar-refractivity contribution < 1.29 is 23.8 Å². The van der Waals surface area contributed by atoms with Crippen LogP contribution in [-0.4, -0.2) is 28.8 Å². The Kier molecular flexibility index (Phi) is 5.07. The molecule has 0 bridgehead atoms. The first-order valence-corrected chi connectivity index (χ1v) is 7.56. The number of carboxylic acid groups (broad SMARTS) is 1. The summed E-state index contributed by atoms with van der Waals surface area (Å²) in [5.41, 5.74) is -0.0918. The summed E-state index contributed by atoms with van der Waals surface area (Å²) >= 11 is 0. The Labute approximate surface area is 139 Å². The number of fused-ring (bicyclic) bond motifs is 1. The molecule has 0 unspecified atom stereocenters. The summed E-state index contributed by atoms with van der Waals surface area (Å²) < 4.78 is 18.9. The van der Waals surface area contributed by atoms with E-state index in [1.54, 1.807) is 45.0 Å². The summed E-state index contributed by atoms with van der Waals surface area (Å²) in [4.78, 5) is 23.3. The van der Waals surface area contributed by atoms with Crippen LogP contribution in [0.4, 0.5) is 9.18 Å². The molecule has 6 heteroatoms. The van der Waals surface area contributed by atoms with Crippen molar-refractivity contribution in [2.24, 2.45) is 0 Å². The molecule has 5 nitrogen and oxygen atoms in total. The summed E-state index contributed by atoms with van der Waals surface area (Å²) in [6.07, 6.45) is -0.781. The number of nitrogens with one attached hydrogen (secondary N) is 1. The fourth-order valence-corrected chi connectivity index (χ4v) is 2.37. The third kappa shape index (κ3) is 4.44. The van der Waals surface area contributed by atoms with Gasteiger partial charge in [-0.3, -0.25) is 0 Å². The standard InChI is InChI=1S/C18H20FNO4/c1-18(2,3)24-17(23)20-15(16(21)22)10-11-8-9-14(19)13-7-5-4-6-12(11)13/h4-9,15H,10H2,1-3H3,(H,20,23)(H,21,22)/t15-/m0/s1. The van der Waals surface area contributed by atoms with Crippen molar-refractivity contribution >= 4 is 22.8 Å². The van der Waals surface area contributed by atoms with Gasteiger partial charge in [0.25, 0.3) is 0 Å². The summed E-state index contributed by atoms with van der Waals surface area (Å²) in [6, 6.07) is 8.47. The SMILES string of the molecule is CC(C)(C)OC(=O)N[C@@H](Cc1ccc(F)c2ccccc12)C(=O)O. The van der Waals surface area contributed by atoms with E-state index in [9.17, 15) is 19.1 Å². The highest BCUT2D eigenvalue weighted by molar-refractivity contribution is 5.87. The van der Waals surface area contributed by atoms with Crippen molar-refractivity contribution in [1.82, 2.24) is 5.32 Å². The number of carbonyl (C=O) groups excluding carboxylic acids is 1. The van der Waals surface area contributed by atoms with Gasteiger partial charge in [-0.05, 0) is 37.8 Å². The molecule has 0 heterocycles. The number of rotatable bonds is 4. The second kappa shape index (κ2) is 6.86. The quantitative estimate of drug-likeness (QED) is 0.898. The van der Waals surface area contributed by atoms with Gasteiger partial charge < -0.3 is 15.2 Å². The molecule has 0 fully saturated rings. The van der Waals surface area contributed by atoms with E-state index in [1.165, 1.54) is 12.1 Å². The van der Waals surface area contributed by atoms with E-state index in [0.29, 0.717) is 16.3 Å². The van der Waals surface area contributed by atoms with Crippen LogP contribution in [0, 0.1) is 5.82 Å². The first kappa shape index (κ1) is 17.7. The van der Waals surface area contributed by atoms with Crippen molar-refractivity contribution in [3.05, 3.63) is 47.8 Å². The van der Waals surface area contributed by atoms with Crippen molar-refractivity contribution in [3.63, 3.8) is 0 Å². The van der Waals surface area contributed by atoms with Gasteiger partial charge in [0.15, 0.2) is 0 Å². The maximum atomic E-state index is 13.9. The predicted octanol–water partition coefficient (Wildman–Crippen LogP) is 3.50. The highest BCUT2D eigenvalue weighted by Gasteiger charge is 2.25. The zero-order valence-electron chi connectivity index (χ0n) is 13.8. The van der Waals surface area contributed by atoms with E-state index in [-0.39, 0.29) is 12.2 Å². The zero-order valence-corrected chi connectivity index (χ0v) is 13.8. The van der Waals surface area contributed by atoms with Crippen molar-refractivity contribution in [2.45, 2.75) is 38.8 Å². The molecule has 0 saturated heterocycles. The van der Waals surface area contributed by atoms with Crippen LogP contribution < -0.4 is 5.32 Å². The monoisotopic (exact) mass is 333 g/mol. The first-order chi connectivity index (χ1) is 11.2. The van der Waals surface area contributed by atoms with E-state index < -0.39 is 23.7 Å². The minimum atomic E-state index is -1.19. The lowest BCUT2D eigenvalue weighted by molar-refractivity contribution is -0.139. The van der Waals surface area contributed by atoms with Gasteiger partial charge >= 0.3 is 12.1 Å². The average molecular weight is 333 g/mol. The van der Waals surface area contributed by atoms with Crippen LogP contribution in [0.1, 0.15) is 26.3 Å². The highest BCUT2D eigenvalue weighted by atomic mass is 19.1. The van der Waals surface area contributed by atoms with Gasteiger partial charge in [-0.15, -0.1) is 0 Å². The maximum Gasteiger partial charge on any atom is 0.408 e. The third-order valence-electron chi connectivity index (χ3n) is 3.37. The number of alkyl carbamates (subject to hydrolysis) is 1. The largest absolute Gasteiger partial charge is 0.480 e. The Morgan fingerprint density at radius 1 is 1.17 bits per heavy atom. The average Bonchev–Trinajstić information content (AvgIpc) is 2.47. The molecule has 1 amide bonds. The molecule has 0 aliphatic rings. The number of halogens is 1. The number of hydrogen-bond donors (Lipinski definition) is 2. The number of ether oxygens (including phenoxy) is 1. The zero-order chi connectivity index (χ0) is 17.9. The van der Waals surface area contributed by atoms with Crippen LogP contribution in [0.25, 0.3) is 10.8 Å². The molecule has 0 radical (unpaired) electrons. The lowest BCUT2D eigenvalue weighted by Crippen LogP contribution is -2.44. The van der Waals surface area contributed by atoms with E-state index in [1.807, 2.05) is 0 Å². The summed E-state index contributed by atoms with van der Waals surface area (Å²) in [5, 5.41) is 12.7. The molecule has 0 saturated carbocycles. The minimum absolute atomic E-state index is 0.0232. The van der Waals surface area contributed by atoms with Crippen molar-refractivity contribution in [1.29, 1.82) is 0 Å². The molecule has 2 aromatic carbocycles. The van der Waals surface area contributed by atoms with Crippen LogP contribution in [0.5, 0.6) is 0 Å². The Bertz CT molecular complexity index is 767. The van der Waals surface area contributed by atoms with Gasteiger partial charge in [0.1, 0.15) is 17.5 Å². The fraction of sp³-hybridized carbons (Fsp3) is 0.333. The molecule has 128 valence electrons. The number of hydrogen-bond acceptors (Lipinski definition) is 3. The number of carbonyl (C=O) groups is 2. The molecule has 0 aliphatic carbocycles. The molecule has 2 aromatic rings. The molecule has 24 heavy (non-hydrogen) atoms. The molecular formula is C18H20FNO4. The molecule has 0 spiro atoms. The van der Waals surface area contributed by atoms with Crippen LogP contribution in [0.2, 0.25) is 0 Å².